The first kappa shape index (κ1) is 12.2. The Labute approximate surface area is 101 Å². The molecular formula is C15H27N. The number of nitrogens with one attached hydrogen (secondary N) is 1. The van der Waals surface area contributed by atoms with Crippen LogP contribution < -0.4 is 5.32 Å². The van der Waals surface area contributed by atoms with Crippen molar-refractivity contribution in [2.75, 3.05) is 6.54 Å². The maximum atomic E-state index is 3.75. The van der Waals surface area contributed by atoms with E-state index in [4.69, 9.17) is 0 Å². The summed E-state index contributed by atoms with van der Waals surface area (Å²) in [6.07, 6.45) is 9.73. The van der Waals surface area contributed by atoms with Crippen molar-refractivity contribution in [2.24, 2.45) is 17.8 Å². The molecule has 2 aliphatic rings. The van der Waals surface area contributed by atoms with E-state index >= 15 is 0 Å². The fraction of sp³-hybridized carbons (Fsp3) is 0.867. The van der Waals surface area contributed by atoms with Gasteiger partial charge in [-0.25, -0.2) is 0 Å². The number of hydrogen-bond acceptors (Lipinski definition) is 1. The lowest BCUT2D eigenvalue weighted by atomic mass is 9.82. The topological polar surface area (TPSA) is 12.0 Å². The Morgan fingerprint density at radius 2 is 2.12 bits per heavy atom. The number of allylic oxidation sites excluding steroid dienone is 1. The predicted molar refractivity (Wildman–Crippen MR) is 70.5 cm³/mol. The fourth-order valence-corrected chi connectivity index (χ4v) is 3.74. The summed E-state index contributed by atoms with van der Waals surface area (Å²) in [5, 5.41) is 3.75. The van der Waals surface area contributed by atoms with Crippen LogP contribution in [0.1, 0.15) is 52.9 Å². The van der Waals surface area contributed by atoms with Gasteiger partial charge in [-0.05, 0) is 63.8 Å². The molecule has 2 saturated carbocycles. The quantitative estimate of drug-likeness (QED) is 0.697. The molecule has 0 aromatic rings. The molecule has 2 fully saturated rings. The van der Waals surface area contributed by atoms with Crippen molar-refractivity contribution in [1.82, 2.24) is 5.32 Å². The summed E-state index contributed by atoms with van der Waals surface area (Å²) in [4.78, 5) is 0. The zero-order chi connectivity index (χ0) is 11.5. The molecule has 0 radical (unpaired) electrons. The van der Waals surface area contributed by atoms with Crippen LogP contribution in [-0.2, 0) is 0 Å². The second-order valence-corrected chi connectivity index (χ2v) is 6.06. The molecule has 1 N–H and O–H groups in total. The molecule has 0 heterocycles. The average molecular weight is 221 g/mol. The number of rotatable bonds is 5. The Morgan fingerprint density at radius 3 is 2.62 bits per heavy atom. The van der Waals surface area contributed by atoms with E-state index < -0.39 is 0 Å². The van der Waals surface area contributed by atoms with Crippen LogP contribution in [0.25, 0.3) is 0 Å². The standard InChI is InChI=1S/C15H27N/c1-4-7-16-15(8-11(2)3)14-10-12-5-6-13(14)9-12/h8,12-16H,4-7,9-10H2,1-3H3. The van der Waals surface area contributed by atoms with Gasteiger partial charge in [0.1, 0.15) is 0 Å². The molecule has 1 nitrogen and oxygen atoms in total. The lowest BCUT2D eigenvalue weighted by Crippen LogP contribution is -2.37. The Bertz CT molecular complexity index is 252. The highest BCUT2D eigenvalue weighted by Crippen LogP contribution is 2.49. The van der Waals surface area contributed by atoms with E-state index in [-0.39, 0.29) is 0 Å². The first-order chi connectivity index (χ1) is 7.70. The van der Waals surface area contributed by atoms with Crippen LogP contribution in [0.4, 0.5) is 0 Å². The van der Waals surface area contributed by atoms with Gasteiger partial charge in [-0.1, -0.05) is 25.0 Å². The smallest absolute Gasteiger partial charge is 0.0283 e. The first-order valence-corrected chi connectivity index (χ1v) is 7.09. The van der Waals surface area contributed by atoms with Crippen LogP contribution in [0.2, 0.25) is 0 Å². The third-order valence-corrected chi connectivity index (χ3v) is 4.40. The molecule has 92 valence electrons. The molecule has 0 saturated heterocycles. The minimum atomic E-state index is 0.653. The van der Waals surface area contributed by atoms with E-state index in [0.29, 0.717) is 6.04 Å². The monoisotopic (exact) mass is 221 g/mol. The molecule has 2 rings (SSSR count). The van der Waals surface area contributed by atoms with Crippen LogP contribution in [0.5, 0.6) is 0 Å². The van der Waals surface area contributed by atoms with Gasteiger partial charge in [0.25, 0.3) is 0 Å². The van der Waals surface area contributed by atoms with Crippen molar-refractivity contribution in [3.63, 3.8) is 0 Å². The summed E-state index contributed by atoms with van der Waals surface area (Å²) in [6.45, 7) is 7.89. The molecule has 16 heavy (non-hydrogen) atoms. The summed E-state index contributed by atoms with van der Waals surface area (Å²) >= 11 is 0. The summed E-state index contributed by atoms with van der Waals surface area (Å²) in [5.74, 6) is 3.02. The van der Waals surface area contributed by atoms with E-state index in [9.17, 15) is 0 Å². The molecule has 4 atom stereocenters. The highest BCUT2D eigenvalue weighted by Gasteiger charge is 2.42. The third kappa shape index (κ3) is 2.68. The highest BCUT2D eigenvalue weighted by atomic mass is 14.9. The molecular weight excluding hydrogens is 194 g/mol. The summed E-state index contributed by atoms with van der Waals surface area (Å²) in [5.41, 5.74) is 1.47. The van der Waals surface area contributed by atoms with Crippen molar-refractivity contribution >= 4 is 0 Å². The second-order valence-electron chi connectivity index (χ2n) is 6.06. The molecule has 0 spiro atoms. The number of hydrogen-bond donors (Lipinski definition) is 1. The highest BCUT2D eigenvalue weighted by molar-refractivity contribution is 5.07. The minimum Gasteiger partial charge on any atom is -0.310 e. The van der Waals surface area contributed by atoms with Crippen molar-refractivity contribution in [1.29, 1.82) is 0 Å². The van der Waals surface area contributed by atoms with E-state index in [1.165, 1.54) is 44.2 Å². The Kier molecular flexibility index (Phi) is 4.07. The lowest BCUT2D eigenvalue weighted by molar-refractivity contribution is 0.278. The molecule has 2 bridgehead atoms. The predicted octanol–water partition coefficient (Wildman–Crippen LogP) is 3.76. The van der Waals surface area contributed by atoms with Gasteiger partial charge in [-0.2, -0.15) is 0 Å². The van der Waals surface area contributed by atoms with E-state index in [0.717, 1.165) is 17.8 Å². The van der Waals surface area contributed by atoms with Gasteiger partial charge in [-0.15, -0.1) is 0 Å². The zero-order valence-corrected chi connectivity index (χ0v) is 11.1. The van der Waals surface area contributed by atoms with Crippen molar-refractivity contribution in [3.8, 4) is 0 Å². The molecule has 0 aromatic carbocycles. The van der Waals surface area contributed by atoms with Crippen LogP contribution in [0.3, 0.4) is 0 Å². The maximum absolute atomic E-state index is 3.75. The molecule has 1 heteroatoms. The van der Waals surface area contributed by atoms with Gasteiger partial charge in [0.2, 0.25) is 0 Å². The van der Waals surface area contributed by atoms with E-state index in [1.54, 1.807) is 0 Å². The van der Waals surface area contributed by atoms with Gasteiger partial charge in [-0.3, -0.25) is 0 Å². The van der Waals surface area contributed by atoms with Crippen molar-refractivity contribution in [2.45, 2.75) is 58.9 Å². The molecule has 0 aromatic heterocycles. The summed E-state index contributed by atoms with van der Waals surface area (Å²) < 4.78 is 0. The van der Waals surface area contributed by atoms with Crippen LogP contribution in [0.15, 0.2) is 11.6 Å². The maximum Gasteiger partial charge on any atom is 0.0283 e. The van der Waals surface area contributed by atoms with Crippen molar-refractivity contribution in [3.05, 3.63) is 11.6 Å². The van der Waals surface area contributed by atoms with Gasteiger partial charge < -0.3 is 5.32 Å². The fourth-order valence-electron chi connectivity index (χ4n) is 3.74. The number of fused-ring (bicyclic) bond motifs is 2. The third-order valence-electron chi connectivity index (χ3n) is 4.40. The van der Waals surface area contributed by atoms with Gasteiger partial charge in [0.05, 0.1) is 0 Å². The molecule has 0 amide bonds. The first-order valence-electron chi connectivity index (χ1n) is 7.09. The lowest BCUT2D eigenvalue weighted by Gasteiger charge is -2.29. The SMILES string of the molecule is CCCNC(C=C(C)C)C1CC2CCC1C2. The molecule has 4 unspecified atom stereocenters. The van der Waals surface area contributed by atoms with Gasteiger partial charge in [0.15, 0.2) is 0 Å². The summed E-state index contributed by atoms with van der Waals surface area (Å²) in [7, 11) is 0. The second kappa shape index (κ2) is 5.35. The van der Waals surface area contributed by atoms with Crippen LogP contribution in [0, 0.1) is 17.8 Å². The van der Waals surface area contributed by atoms with Gasteiger partial charge in [0, 0.05) is 6.04 Å². The average Bonchev–Trinajstić information content (AvgIpc) is 2.85. The van der Waals surface area contributed by atoms with Crippen LogP contribution >= 0.6 is 0 Å². The summed E-state index contributed by atoms with van der Waals surface area (Å²) in [6, 6.07) is 0.653. The molecule has 2 aliphatic carbocycles. The van der Waals surface area contributed by atoms with E-state index in [1.807, 2.05) is 0 Å². The minimum absolute atomic E-state index is 0.653. The Hall–Kier alpha value is -0.300. The van der Waals surface area contributed by atoms with Crippen molar-refractivity contribution < 1.29 is 0 Å². The van der Waals surface area contributed by atoms with Gasteiger partial charge >= 0.3 is 0 Å². The van der Waals surface area contributed by atoms with Crippen LogP contribution in [-0.4, -0.2) is 12.6 Å². The van der Waals surface area contributed by atoms with E-state index in [2.05, 4.69) is 32.2 Å². The largest absolute Gasteiger partial charge is 0.310 e. The normalized spacial score (nSPS) is 34.1. The Balaban J connectivity index is 1.98. The zero-order valence-electron chi connectivity index (χ0n) is 11.1. The Morgan fingerprint density at radius 1 is 1.31 bits per heavy atom. The molecule has 0 aliphatic heterocycles.